The molecule has 2 N–H and O–H groups in total. The van der Waals surface area contributed by atoms with E-state index < -0.39 is 41.4 Å². The standard InChI is InChI=1S/C37H37ClF3N5O5/c1-44-13-12-28-27(18-44)42-35(45(28)2)36(47)43-26-9-8-25(39)30(31(26)40)23-6-4-5-22-21(23)7-10-29(22)51-34-24(38)15-20(33(50-3)32(34)41)17-46-14-11-19(16-46)37(48)49/h4-6,8-9,15,19,29H,7,10-14,16-18H2,1-3H3,(H,43,47)(H,48,49). The highest BCUT2D eigenvalue weighted by molar-refractivity contribution is 6.32. The van der Waals surface area contributed by atoms with Crippen LogP contribution in [0, 0.1) is 23.4 Å². The molecular formula is C37H37ClF3N5O5. The molecule has 3 heterocycles. The first-order valence-corrected chi connectivity index (χ1v) is 17.1. The quantitative estimate of drug-likeness (QED) is 0.205. The summed E-state index contributed by atoms with van der Waals surface area (Å²) in [5.74, 6) is -4.62. The minimum Gasteiger partial charge on any atom is -0.493 e. The Balaban J connectivity index is 1.14. The Morgan fingerprint density at radius 2 is 1.86 bits per heavy atom. The molecule has 3 aromatic carbocycles. The van der Waals surface area contributed by atoms with Crippen LogP contribution in [0.15, 0.2) is 36.4 Å². The molecule has 2 aliphatic heterocycles. The molecule has 3 aliphatic rings. The molecule has 0 bridgehead atoms. The van der Waals surface area contributed by atoms with E-state index in [-0.39, 0.29) is 40.1 Å². The molecule has 0 radical (unpaired) electrons. The van der Waals surface area contributed by atoms with E-state index in [1.54, 1.807) is 35.9 Å². The van der Waals surface area contributed by atoms with Crippen LogP contribution >= 0.6 is 11.6 Å². The zero-order chi connectivity index (χ0) is 36.1. The molecule has 0 spiro atoms. The Hall–Kier alpha value is -4.59. The number of benzene rings is 3. The van der Waals surface area contributed by atoms with Crippen LogP contribution in [0.5, 0.6) is 11.5 Å². The van der Waals surface area contributed by atoms with Crippen molar-refractivity contribution in [3.05, 3.63) is 92.8 Å². The number of aromatic nitrogens is 2. The number of nitrogens with zero attached hydrogens (tertiary/aromatic N) is 4. The molecule has 1 amide bonds. The van der Waals surface area contributed by atoms with Gasteiger partial charge in [0.2, 0.25) is 5.82 Å². The van der Waals surface area contributed by atoms with Gasteiger partial charge < -0.3 is 29.4 Å². The minimum atomic E-state index is -0.929. The number of nitrogens with one attached hydrogen (secondary N) is 1. The molecular weight excluding hydrogens is 687 g/mol. The molecule has 1 fully saturated rings. The Kier molecular flexibility index (Phi) is 9.46. The zero-order valence-corrected chi connectivity index (χ0v) is 29.1. The highest BCUT2D eigenvalue weighted by atomic mass is 35.5. The lowest BCUT2D eigenvalue weighted by Gasteiger charge is -2.22. The summed E-state index contributed by atoms with van der Waals surface area (Å²) in [4.78, 5) is 33.2. The highest BCUT2D eigenvalue weighted by Gasteiger charge is 2.33. The predicted molar refractivity (Wildman–Crippen MR) is 184 cm³/mol. The highest BCUT2D eigenvalue weighted by Crippen LogP contribution is 2.46. The first-order valence-electron chi connectivity index (χ1n) is 16.8. The van der Waals surface area contributed by atoms with Gasteiger partial charge in [-0.15, -0.1) is 0 Å². The average molecular weight is 724 g/mol. The molecule has 10 nitrogen and oxygen atoms in total. The number of likely N-dealkylation sites (N-methyl/N-ethyl adjacent to an activating group) is 1. The van der Waals surface area contributed by atoms with E-state index in [9.17, 15) is 14.7 Å². The Labute approximate surface area is 297 Å². The van der Waals surface area contributed by atoms with E-state index in [0.717, 1.165) is 30.4 Å². The number of carbonyl (C=O) groups excluding carboxylic acids is 1. The summed E-state index contributed by atoms with van der Waals surface area (Å²) in [5, 5.41) is 12.0. The van der Waals surface area contributed by atoms with Crippen LogP contribution in [-0.2, 0) is 37.8 Å². The molecule has 2 unspecified atom stereocenters. The third kappa shape index (κ3) is 6.42. The number of rotatable bonds is 9. The molecule has 268 valence electrons. The maximum Gasteiger partial charge on any atom is 0.307 e. The van der Waals surface area contributed by atoms with Crippen molar-refractivity contribution in [2.45, 2.75) is 44.9 Å². The Bertz CT molecular complexity index is 2060. The summed E-state index contributed by atoms with van der Waals surface area (Å²) >= 11 is 6.58. The van der Waals surface area contributed by atoms with Gasteiger partial charge in [-0.3, -0.25) is 14.5 Å². The van der Waals surface area contributed by atoms with Gasteiger partial charge in [-0.2, -0.15) is 4.39 Å². The van der Waals surface area contributed by atoms with Gasteiger partial charge in [0.25, 0.3) is 5.91 Å². The molecule has 2 atom stereocenters. The van der Waals surface area contributed by atoms with Crippen LogP contribution in [0.2, 0.25) is 5.02 Å². The number of imidazole rings is 1. The van der Waals surface area contributed by atoms with Crippen molar-refractivity contribution in [3.8, 4) is 22.6 Å². The summed E-state index contributed by atoms with van der Waals surface area (Å²) in [6.07, 6.45) is 1.31. The summed E-state index contributed by atoms with van der Waals surface area (Å²) in [5.41, 5.74) is 3.27. The number of carboxylic acids is 1. The number of ether oxygens (including phenoxy) is 2. The second-order valence-electron chi connectivity index (χ2n) is 13.4. The lowest BCUT2D eigenvalue weighted by Crippen LogP contribution is -2.27. The summed E-state index contributed by atoms with van der Waals surface area (Å²) < 4.78 is 60.9. The Morgan fingerprint density at radius 1 is 1.06 bits per heavy atom. The number of hydrogen-bond donors (Lipinski definition) is 2. The first-order chi connectivity index (χ1) is 24.4. The van der Waals surface area contributed by atoms with Crippen molar-refractivity contribution in [2.24, 2.45) is 13.0 Å². The van der Waals surface area contributed by atoms with E-state index in [2.05, 4.69) is 15.2 Å². The van der Waals surface area contributed by atoms with Gasteiger partial charge in [0.05, 0.1) is 35.0 Å². The number of carbonyl (C=O) groups is 2. The smallest absolute Gasteiger partial charge is 0.307 e. The van der Waals surface area contributed by atoms with E-state index in [0.29, 0.717) is 61.2 Å². The van der Waals surface area contributed by atoms with Crippen molar-refractivity contribution in [1.29, 1.82) is 0 Å². The van der Waals surface area contributed by atoms with Crippen molar-refractivity contribution in [1.82, 2.24) is 19.4 Å². The number of anilines is 1. The van der Waals surface area contributed by atoms with Crippen molar-refractivity contribution < 1.29 is 37.3 Å². The van der Waals surface area contributed by atoms with Gasteiger partial charge in [0.1, 0.15) is 11.9 Å². The average Bonchev–Trinajstić information content (AvgIpc) is 3.82. The molecule has 1 aromatic heterocycles. The number of likely N-dealkylation sites (tertiary alicyclic amines) is 1. The Morgan fingerprint density at radius 3 is 2.61 bits per heavy atom. The van der Waals surface area contributed by atoms with Crippen molar-refractivity contribution >= 4 is 29.2 Å². The lowest BCUT2D eigenvalue weighted by atomic mass is 9.95. The van der Waals surface area contributed by atoms with Crippen LogP contribution in [0.1, 0.15) is 57.6 Å². The van der Waals surface area contributed by atoms with Gasteiger partial charge in [0.15, 0.2) is 23.1 Å². The van der Waals surface area contributed by atoms with Crippen LogP contribution in [0.25, 0.3) is 11.1 Å². The van der Waals surface area contributed by atoms with Gasteiger partial charge in [-0.25, -0.2) is 13.8 Å². The van der Waals surface area contributed by atoms with E-state index >= 15 is 13.2 Å². The van der Waals surface area contributed by atoms with Gasteiger partial charge >= 0.3 is 5.97 Å². The van der Waals surface area contributed by atoms with Crippen molar-refractivity contribution in [2.75, 3.05) is 39.1 Å². The second kappa shape index (κ2) is 13.9. The maximum absolute atomic E-state index is 16.2. The molecule has 1 aliphatic carbocycles. The molecule has 4 aromatic rings. The zero-order valence-electron chi connectivity index (χ0n) is 28.4. The normalized spacial score (nSPS) is 18.8. The molecule has 1 saturated heterocycles. The number of hydrogen-bond acceptors (Lipinski definition) is 7. The van der Waals surface area contributed by atoms with E-state index in [1.807, 2.05) is 11.9 Å². The molecule has 0 saturated carbocycles. The van der Waals surface area contributed by atoms with Crippen molar-refractivity contribution in [3.63, 3.8) is 0 Å². The largest absolute Gasteiger partial charge is 0.493 e. The topological polar surface area (TPSA) is 109 Å². The van der Waals surface area contributed by atoms with Crippen LogP contribution < -0.4 is 14.8 Å². The number of methoxy groups -OCH3 is 1. The second-order valence-corrected chi connectivity index (χ2v) is 13.8. The summed E-state index contributed by atoms with van der Waals surface area (Å²) in [7, 11) is 5.06. The third-order valence-electron chi connectivity index (χ3n) is 10.2. The van der Waals surface area contributed by atoms with Gasteiger partial charge in [-0.1, -0.05) is 29.8 Å². The van der Waals surface area contributed by atoms with Gasteiger partial charge in [0, 0.05) is 50.9 Å². The van der Waals surface area contributed by atoms with Crippen LogP contribution in [0.3, 0.4) is 0 Å². The number of fused-ring (bicyclic) bond motifs is 2. The van der Waals surface area contributed by atoms with E-state index in [1.165, 1.54) is 13.2 Å². The van der Waals surface area contributed by atoms with Gasteiger partial charge in [-0.05, 0) is 67.7 Å². The van der Waals surface area contributed by atoms with Crippen LogP contribution in [0.4, 0.5) is 18.9 Å². The predicted octanol–water partition coefficient (Wildman–Crippen LogP) is 6.38. The van der Waals surface area contributed by atoms with E-state index in [4.69, 9.17) is 21.1 Å². The minimum absolute atomic E-state index is 0.0167. The monoisotopic (exact) mass is 723 g/mol. The fraction of sp³-hybridized carbons (Fsp3) is 0.378. The maximum atomic E-state index is 16.2. The van der Waals surface area contributed by atoms with Crippen LogP contribution in [-0.4, -0.2) is 70.1 Å². The third-order valence-corrected chi connectivity index (χ3v) is 10.4. The summed E-state index contributed by atoms with van der Waals surface area (Å²) in [6, 6.07) is 8.88. The molecule has 7 rings (SSSR count). The number of amides is 1. The number of carboxylic acid groups (broad SMARTS) is 1. The number of aliphatic carboxylic acids is 1. The molecule has 14 heteroatoms. The summed E-state index contributed by atoms with van der Waals surface area (Å²) in [6.45, 7) is 2.55. The fourth-order valence-electron chi connectivity index (χ4n) is 7.55. The lowest BCUT2D eigenvalue weighted by molar-refractivity contribution is -0.141. The fourth-order valence-corrected chi connectivity index (χ4v) is 7.81. The molecule has 51 heavy (non-hydrogen) atoms. The first kappa shape index (κ1) is 34.8. The SMILES string of the molecule is COc1c(CN2CCC(C(=O)O)C2)cc(Cl)c(OC2CCc3c(-c4c(F)ccc(NC(=O)c5nc6c(n5C)CCN(C)C6)c4F)cccc32)c1F. The number of halogens is 4.